The molecule has 148 valence electrons. The first-order valence-electron chi connectivity index (χ1n) is 8.54. The molecule has 0 aliphatic rings. The van der Waals surface area contributed by atoms with Crippen LogP contribution in [0.1, 0.15) is 38.0 Å². The number of hydrogen-bond acceptors (Lipinski definition) is 5. The van der Waals surface area contributed by atoms with Crippen molar-refractivity contribution >= 4 is 55.5 Å². The van der Waals surface area contributed by atoms with Crippen molar-refractivity contribution in [2.24, 2.45) is 0 Å². The molecule has 0 atom stereocenters. The van der Waals surface area contributed by atoms with Gasteiger partial charge in [0.15, 0.2) is 5.82 Å². The Morgan fingerprint density at radius 2 is 1.45 bits per heavy atom. The van der Waals surface area contributed by atoms with Gasteiger partial charge in [0.05, 0.1) is 23.9 Å². The van der Waals surface area contributed by atoms with Crippen LogP contribution in [0.2, 0.25) is 0 Å². The number of esters is 1. The Balaban J connectivity index is 2.16. The van der Waals surface area contributed by atoms with Gasteiger partial charge < -0.3 is 4.74 Å². The van der Waals surface area contributed by atoms with Gasteiger partial charge in [-0.25, -0.2) is 9.69 Å². The predicted octanol–water partition coefficient (Wildman–Crippen LogP) is 4.60. The van der Waals surface area contributed by atoms with Gasteiger partial charge in [0.25, 0.3) is 11.8 Å². The van der Waals surface area contributed by atoms with Gasteiger partial charge in [-0.3, -0.25) is 14.7 Å². The highest BCUT2D eigenvalue weighted by Crippen LogP contribution is 2.27. The summed E-state index contributed by atoms with van der Waals surface area (Å²) in [6, 6.07) is 13.4. The number of ether oxygens (including phenoxy) is 1. The van der Waals surface area contributed by atoms with Crippen LogP contribution in [0.3, 0.4) is 0 Å². The van der Waals surface area contributed by atoms with Gasteiger partial charge in [-0.05, 0) is 63.0 Å². The molecule has 9 heteroatoms. The molecule has 1 aromatic heterocycles. The number of imide groups is 1. The van der Waals surface area contributed by atoms with Gasteiger partial charge in [0.2, 0.25) is 0 Å². The monoisotopic (exact) mass is 519 g/mol. The van der Waals surface area contributed by atoms with Crippen LogP contribution >= 0.6 is 31.9 Å². The second kappa shape index (κ2) is 9.15. The number of carbonyl (C=O) groups excluding carboxylic acids is 3. The molecule has 1 N–H and O–H groups in total. The molecule has 0 saturated heterocycles. The number of H-pyrrole nitrogens is 1. The van der Waals surface area contributed by atoms with Crippen molar-refractivity contribution in [3.63, 3.8) is 0 Å². The van der Waals surface area contributed by atoms with Gasteiger partial charge in [-0.1, -0.05) is 24.3 Å². The summed E-state index contributed by atoms with van der Waals surface area (Å²) in [4.78, 5) is 40.0. The molecule has 3 aromatic rings. The van der Waals surface area contributed by atoms with Crippen LogP contribution < -0.4 is 4.90 Å². The second-order valence-electron chi connectivity index (χ2n) is 5.76. The van der Waals surface area contributed by atoms with Gasteiger partial charge in [-0.15, -0.1) is 0 Å². The Morgan fingerprint density at radius 1 is 0.931 bits per heavy atom. The van der Waals surface area contributed by atoms with E-state index in [9.17, 15) is 14.4 Å². The highest BCUT2D eigenvalue weighted by Gasteiger charge is 2.33. The quantitative estimate of drug-likeness (QED) is 0.392. The van der Waals surface area contributed by atoms with Crippen molar-refractivity contribution in [2.45, 2.75) is 6.92 Å². The molecule has 2 amide bonds. The molecule has 0 saturated carbocycles. The maximum absolute atomic E-state index is 13.4. The summed E-state index contributed by atoms with van der Waals surface area (Å²) >= 11 is 6.67. The molecule has 0 unspecified atom stereocenters. The lowest BCUT2D eigenvalue weighted by Crippen LogP contribution is -2.38. The van der Waals surface area contributed by atoms with E-state index in [2.05, 4.69) is 42.1 Å². The zero-order chi connectivity index (χ0) is 21.0. The van der Waals surface area contributed by atoms with E-state index in [0.717, 1.165) is 4.90 Å². The van der Waals surface area contributed by atoms with E-state index in [-0.39, 0.29) is 29.1 Å². The lowest BCUT2D eigenvalue weighted by atomic mass is 10.1. The number of rotatable bonds is 5. The van der Waals surface area contributed by atoms with Crippen LogP contribution in [0.4, 0.5) is 5.82 Å². The van der Waals surface area contributed by atoms with Crippen molar-refractivity contribution in [2.75, 3.05) is 11.5 Å². The standard InChI is InChI=1S/C20H15Br2N3O4/c1-2-29-20(28)14-11-23-24-17(14)25(18(26)12-7-3-5-9-15(12)21)19(27)13-8-4-6-10-16(13)22/h3-11H,2H2,1H3,(H,23,24). The minimum atomic E-state index is -0.693. The maximum atomic E-state index is 13.4. The molecule has 7 nitrogen and oxygen atoms in total. The number of halogens is 2. The van der Waals surface area contributed by atoms with Gasteiger partial charge in [-0.2, -0.15) is 5.10 Å². The number of aromatic nitrogens is 2. The van der Waals surface area contributed by atoms with Crippen molar-refractivity contribution in [3.05, 3.63) is 80.4 Å². The summed E-state index contributed by atoms with van der Waals surface area (Å²) in [6.07, 6.45) is 1.22. The van der Waals surface area contributed by atoms with E-state index in [1.807, 2.05) is 0 Å². The third-order valence-electron chi connectivity index (χ3n) is 3.95. The Morgan fingerprint density at radius 3 is 1.93 bits per heavy atom. The van der Waals surface area contributed by atoms with Crippen LogP contribution in [0.5, 0.6) is 0 Å². The van der Waals surface area contributed by atoms with Gasteiger partial charge >= 0.3 is 5.97 Å². The Bertz CT molecular complexity index is 1020. The first-order valence-corrected chi connectivity index (χ1v) is 10.1. The first kappa shape index (κ1) is 20.9. The fourth-order valence-corrected chi connectivity index (χ4v) is 3.52. The number of carbonyl (C=O) groups is 3. The number of nitrogens with zero attached hydrogens (tertiary/aromatic N) is 2. The third-order valence-corrected chi connectivity index (χ3v) is 5.34. The van der Waals surface area contributed by atoms with E-state index >= 15 is 0 Å². The molecule has 2 aromatic carbocycles. The van der Waals surface area contributed by atoms with E-state index in [1.165, 1.54) is 6.20 Å². The molecular formula is C20H15Br2N3O4. The summed E-state index contributed by atoms with van der Waals surface area (Å²) in [6.45, 7) is 1.80. The van der Waals surface area contributed by atoms with Crippen LogP contribution in [0.15, 0.2) is 63.7 Å². The molecule has 1 heterocycles. The minimum Gasteiger partial charge on any atom is -0.462 e. The van der Waals surface area contributed by atoms with Crippen molar-refractivity contribution in [1.29, 1.82) is 0 Å². The lowest BCUT2D eigenvalue weighted by molar-refractivity contribution is 0.0527. The number of anilines is 1. The minimum absolute atomic E-state index is 0.0207. The molecule has 0 aliphatic carbocycles. The van der Waals surface area contributed by atoms with Crippen LogP contribution in [0, 0.1) is 0 Å². The van der Waals surface area contributed by atoms with Crippen molar-refractivity contribution < 1.29 is 19.1 Å². The number of nitrogens with one attached hydrogen (secondary N) is 1. The smallest absolute Gasteiger partial charge is 0.343 e. The molecule has 3 rings (SSSR count). The Hall–Kier alpha value is -2.78. The highest BCUT2D eigenvalue weighted by molar-refractivity contribution is 9.10. The van der Waals surface area contributed by atoms with E-state index in [0.29, 0.717) is 8.95 Å². The van der Waals surface area contributed by atoms with Crippen LogP contribution in [-0.4, -0.2) is 34.6 Å². The molecule has 0 spiro atoms. The molecular weight excluding hydrogens is 506 g/mol. The van der Waals surface area contributed by atoms with Crippen LogP contribution in [-0.2, 0) is 4.74 Å². The number of hydrogen-bond donors (Lipinski definition) is 1. The SMILES string of the molecule is CCOC(=O)c1cn[nH]c1N(C(=O)c1ccccc1Br)C(=O)c1ccccc1Br. The first-order chi connectivity index (χ1) is 14.0. The Labute approximate surface area is 183 Å². The summed E-state index contributed by atoms with van der Waals surface area (Å²) in [5.74, 6) is -2.02. The topological polar surface area (TPSA) is 92.4 Å². The lowest BCUT2D eigenvalue weighted by Gasteiger charge is -2.21. The largest absolute Gasteiger partial charge is 0.462 e. The number of benzene rings is 2. The summed E-state index contributed by atoms with van der Waals surface area (Å²) < 4.78 is 6.04. The van der Waals surface area contributed by atoms with E-state index < -0.39 is 17.8 Å². The van der Waals surface area contributed by atoms with Gasteiger partial charge in [0.1, 0.15) is 5.56 Å². The number of aromatic amines is 1. The summed E-state index contributed by atoms with van der Waals surface area (Å²) in [5.41, 5.74) is 0.474. The summed E-state index contributed by atoms with van der Waals surface area (Å²) in [5, 5.41) is 6.44. The zero-order valence-corrected chi connectivity index (χ0v) is 18.4. The maximum Gasteiger partial charge on any atom is 0.343 e. The highest BCUT2D eigenvalue weighted by atomic mass is 79.9. The fourth-order valence-electron chi connectivity index (χ4n) is 2.61. The summed E-state index contributed by atoms with van der Waals surface area (Å²) in [7, 11) is 0. The van der Waals surface area contributed by atoms with Crippen molar-refractivity contribution in [3.8, 4) is 0 Å². The van der Waals surface area contributed by atoms with E-state index in [4.69, 9.17) is 4.74 Å². The van der Waals surface area contributed by atoms with Gasteiger partial charge in [0, 0.05) is 8.95 Å². The fraction of sp³-hybridized carbons (Fsp3) is 0.100. The normalized spacial score (nSPS) is 10.4. The third kappa shape index (κ3) is 4.30. The molecule has 0 radical (unpaired) electrons. The predicted molar refractivity (Wildman–Crippen MR) is 114 cm³/mol. The molecule has 0 bridgehead atoms. The van der Waals surface area contributed by atoms with Crippen molar-refractivity contribution in [1.82, 2.24) is 10.2 Å². The Kier molecular flexibility index (Phi) is 6.60. The molecule has 0 fully saturated rings. The van der Waals surface area contributed by atoms with Crippen LogP contribution in [0.25, 0.3) is 0 Å². The second-order valence-corrected chi connectivity index (χ2v) is 7.47. The average Bonchev–Trinajstić information content (AvgIpc) is 3.18. The average molecular weight is 521 g/mol. The number of amides is 2. The zero-order valence-electron chi connectivity index (χ0n) is 15.2. The van der Waals surface area contributed by atoms with E-state index in [1.54, 1.807) is 55.5 Å². The molecule has 0 aliphatic heterocycles. The molecule has 29 heavy (non-hydrogen) atoms.